The SMILES string of the molecule is N#Cc1cc(Cl)ccc1CNc1ccc(C(N)=O)cc1. The molecule has 0 bridgehead atoms. The van der Waals surface area contributed by atoms with E-state index >= 15 is 0 Å². The van der Waals surface area contributed by atoms with E-state index in [1.165, 1.54) is 0 Å². The first-order valence-corrected chi connectivity index (χ1v) is 6.30. The van der Waals surface area contributed by atoms with Gasteiger partial charge >= 0.3 is 0 Å². The van der Waals surface area contributed by atoms with Crippen molar-refractivity contribution in [1.29, 1.82) is 5.26 Å². The molecular weight excluding hydrogens is 274 g/mol. The van der Waals surface area contributed by atoms with Gasteiger partial charge in [-0.15, -0.1) is 0 Å². The molecule has 20 heavy (non-hydrogen) atoms. The Kier molecular flexibility index (Phi) is 4.24. The molecule has 0 aliphatic carbocycles. The Morgan fingerprint density at radius 1 is 1.25 bits per heavy atom. The molecule has 0 radical (unpaired) electrons. The van der Waals surface area contributed by atoms with E-state index in [-0.39, 0.29) is 0 Å². The Morgan fingerprint density at radius 2 is 1.95 bits per heavy atom. The van der Waals surface area contributed by atoms with Gasteiger partial charge in [-0.2, -0.15) is 5.26 Å². The summed E-state index contributed by atoms with van der Waals surface area (Å²) in [6.07, 6.45) is 0. The Labute approximate surface area is 121 Å². The Bertz CT molecular complexity index is 675. The summed E-state index contributed by atoms with van der Waals surface area (Å²) in [4.78, 5) is 11.0. The van der Waals surface area contributed by atoms with Crippen LogP contribution in [0, 0.1) is 11.3 Å². The number of nitrogens with zero attached hydrogens (tertiary/aromatic N) is 1. The van der Waals surface area contributed by atoms with E-state index in [2.05, 4.69) is 11.4 Å². The van der Waals surface area contributed by atoms with Crippen molar-refractivity contribution in [2.45, 2.75) is 6.54 Å². The number of halogens is 1. The van der Waals surface area contributed by atoms with Gasteiger partial charge in [0.25, 0.3) is 0 Å². The molecule has 2 aromatic carbocycles. The molecule has 1 amide bonds. The van der Waals surface area contributed by atoms with Crippen molar-refractivity contribution in [3.8, 4) is 6.07 Å². The number of carbonyl (C=O) groups excluding carboxylic acids is 1. The number of nitrogens with one attached hydrogen (secondary N) is 1. The zero-order valence-corrected chi connectivity index (χ0v) is 11.3. The van der Waals surface area contributed by atoms with Gasteiger partial charge in [-0.25, -0.2) is 0 Å². The summed E-state index contributed by atoms with van der Waals surface area (Å²) in [5.41, 5.74) is 7.87. The maximum absolute atomic E-state index is 11.0. The van der Waals surface area contributed by atoms with Crippen LogP contribution < -0.4 is 11.1 Å². The van der Waals surface area contributed by atoms with Crippen LogP contribution in [0.5, 0.6) is 0 Å². The van der Waals surface area contributed by atoms with Crippen LogP contribution in [0.3, 0.4) is 0 Å². The first-order valence-electron chi connectivity index (χ1n) is 5.92. The second-order valence-electron chi connectivity index (χ2n) is 4.21. The van der Waals surface area contributed by atoms with Crippen LogP contribution in [-0.4, -0.2) is 5.91 Å². The fraction of sp³-hybridized carbons (Fsp3) is 0.0667. The van der Waals surface area contributed by atoms with Gasteiger partial charge in [0.1, 0.15) is 0 Å². The molecule has 0 saturated heterocycles. The molecule has 0 atom stereocenters. The van der Waals surface area contributed by atoms with Crippen LogP contribution >= 0.6 is 11.6 Å². The minimum atomic E-state index is -0.457. The van der Waals surface area contributed by atoms with Crippen LogP contribution in [0.4, 0.5) is 5.69 Å². The summed E-state index contributed by atoms with van der Waals surface area (Å²) in [6, 6.07) is 14.1. The molecule has 0 spiro atoms. The van der Waals surface area contributed by atoms with Crippen LogP contribution in [0.1, 0.15) is 21.5 Å². The Hall–Kier alpha value is -2.51. The molecule has 3 N–H and O–H groups in total. The number of carbonyl (C=O) groups is 1. The number of nitrogens with two attached hydrogens (primary N) is 1. The number of amides is 1. The van der Waals surface area contributed by atoms with Gasteiger partial charge in [-0.05, 0) is 42.0 Å². The summed E-state index contributed by atoms with van der Waals surface area (Å²) in [6.45, 7) is 0.496. The van der Waals surface area contributed by atoms with Crippen LogP contribution in [0.25, 0.3) is 0 Å². The topological polar surface area (TPSA) is 78.9 Å². The second kappa shape index (κ2) is 6.09. The van der Waals surface area contributed by atoms with Gasteiger partial charge in [0.15, 0.2) is 0 Å². The first kappa shape index (κ1) is 13.9. The summed E-state index contributed by atoms with van der Waals surface area (Å²) < 4.78 is 0. The van der Waals surface area contributed by atoms with Gasteiger partial charge in [0, 0.05) is 22.8 Å². The number of rotatable bonds is 4. The molecule has 0 heterocycles. The van der Waals surface area contributed by atoms with Crippen molar-refractivity contribution >= 4 is 23.2 Å². The van der Waals surface area contributed by atoms with Gasteiger partial charge in [0.05, 0.1) is 11.6 Å². The second-order valence-corrected chi connectivity index (χ2v) is 4.64. The predicted octanol–water partition coefficient (Wildman–Crippen LogP) is 2.92. The fourth-order valence-electron chi connectivity index (χ4n) is 1.76. The van der Waals surface area contributed by atoms with Gasteiger partial charge < -0.3 is 11.1 Å². The largest absolute Gasteiger partial charge is 0.381 e. The van der Waals surface area contributed by atoms with Gasteiger partial charge in [-0.1, -0.05) is 17.7 Å². The predicted molar refractivity (Wildman–Crippen MR) is 78.5 cm³/mol. The van der Waals surface area contributed by atoms with Crippen molar-refractivity contribution in [3.05, 3.63) is 64.2 Å². The summed E-state index contributed by atoms with van der Waals surface area (Å²) in [5.74, 6) is -0.457. The van der Waals surface area contributed by atoms with Crippen LogP contribution in [0.15, 0.2) is 42.5 Å². The molecule has 0 saturated carbocycles. The molecule has 2 rings (SSSR count). The minimum Gasteiger partial charge on any atom is -0.381 e. The average molecular weight is 286 g/mol. The van der Waals surface area contributed by atoms with E-state index in [0.717, 1.165) is 11.3 Å². The van der Waals surface area contributed by atoms with E-state index in [0.29, 0.717) is 22.7 Å². The third-order valence-corrected chi connectivity index (χ3v) is 3.08. The maximum atomic E-state index is 11.0. The number of anilines is 1. The fourth-order valence-corrected chi connectivity index (χ4v) is 1.93. The number of nitriles is 1. The Balaban J connectivity index is 2.09. The molecule has 0 aliphatic heterocycles. The number of primary amides is 1. The lowest BCUT2D eigenvalue weighted by Crippen LogP contribution is -2.10. The third-order valence-electron chi connectivity index (χ3n) is 2.84. The van der Waals surface area contributed by atoms with E-state index in [1.807, 2.05) is 6.07 Å². The highest BCUT2D eigenvalue weighted by Crippen LogP contribution is 2.17. The highest BCUT2D eigenvalue weighted by Gasteiger charge is 2.04. The maximum Gasteiger partial charge on any atom is 0.248 e. The van der Waals surface area contributed by atoms with Crippen molar-refractivity contribution < 1.29 is 4.79 Å². The average Bonchev–Trinajstić information content (AvgIpc) is 2.46. The standard InChI is InChI=1S/C15H12ClN3O/c16-13-4-1-11(12(7-13)8-17)9-19-14-5-2-10(3-6-14)15(18)20/h1-7,19H,9H2,(H2,18,20). The van der Waals surface area contributed by atoms with E-state index in [1.54, 1.807) is 36.4 Å². The van der Waals surface area contributed by atoms with Crippen LogP contribution in [0.2, 0.25) is 5.02 Å². The summed E-state index contributed by atoms with van der Waals surface area (Å²) in [7, 11) is 0. The lowest BCUT2D eigenvalue weighted by atomic mass is 10.1. The lowest BCUT2D eigenvalue weighted by Gasteiger charge is -2.08. The number of benzene rings is 2. The molecule has 100 valence electrons. The first-order chi connectivity index (χ1) is 9.60. The molecule has 5 heteroatoms. The molecule has 0 aromatic heterocycles. The molecule has 2 aromatic rings. The van der Waals surface area contributed by atoms with Gasteiger partial charge in [0.2, 0.25) is 5.91 Å². The number of hydrogen-bond donors (Lipinski definition) is 2. The van der Waals surface area contributed by atoms with Crippen LogP contribution in [-0.2, 0) is 6.54 Å². The molecule has 4 nitrogen and oxygen atoms in total. The van der Waals surface area contributed by atoms with E-state index in [9.17, 15) is 4.79 Å². The zero-order valence-electron chi connectivity index (χ0n) is 10.6. The lowest BCUT2D eigenvalue weighted by molar-refractivity contribution is 0.100. The molecule has 0 fully saturated rings. The minimum absolute atomic E-state index is 0.457. The highest BCUT2D eigenvalue weighted by molar-refractivity contribution is 6.30. The molecule has 0 aliphatic rings. The van der Waals surface area contributed by atoms with Gasteiger partial charge in [-0.3, -0.25) is 4.79 Å². The highest BCUT2D eigenvalue weighted by atomic mass is 35.5. The van der Waals surface area contributed by atoms with Crippen molar-refractivity contribution in [2.24, 2.45) is 5.73 Å². The smallest absolute Gasteiger partial charge is 0.248 e. The van der Waals surface area contributed by atoms with E-state index < -0.39 is 5.91 Å². The molecule has 0 unspecified atom stereocenters. The quantitative estimate of drug-likeness (QED) is 0.906. The van der Waals surface area contributed by atoms with Crippen molar-refractivity contribution in [3.63, 3.8) is 0 Å². The summed E-state index contributed by atoms with van der Waals surface area (Å²) >= 11 is 5.84. The normalized spacial score (nSPS) is 9.80. The summed E-state index contributed by atoms with van der Waals surface area (Å²) in [5, 5.41) is 12.8. The van der Waals surface area contributed by atoms with Crippen molar-refractivity contribution in [2.75, 3.05) is 5.32 Å². The monoisotopic (exact) mass is 285 g/mol. The zero-order chi connectivity index (χ0) is 14.5. The number of hydrogen-bond acceptors (Lipinski definition) is 3. The van der Waals surface area contributed by atoms with E-state index in [4.69, 9.17) is 22.6 Å². The third kappa shape index (κ3) is 3.28. The van der Waals surface area contributed by atoms with Crippen molar-refractivity contribution in [1.82, 2.24) is 0 Å². The molecular formula is C15H12ClN3O. The Morgan fingerprint density at radius 3 is 2.55 bits per heavy atom.